The van der Waals surface area contributed by atoms with Gasteiger partial charge in [0.15, 0.2) is 17.3 Å². The number of Topliss-reactive ketones (excluding diaryl/α,β-unsaturated/α-hetero) is 1. The van der Waals surface area contributed by atoms with Crippen molar-refractivity contribution in [3.8, 4) is 0 Å². The normalized spacial score (nSPS) is 15.2. The van der Waals surface area contributed by atoms with Crippen molar-refractivity contribution in [1.29, 1.82) is 0 Å². The first-order valence-electron chi connectivity index (χ1n) is 9.09. The molecular formula is C21H16N4O4S. The Morgan fingerprint density at radius 1 is 1.20 bits per heavy atom. The summed E-state index contributed by atoms with van der Waals surface area (Å²) in [4.78, 5) is 20.1. The van der Waals surface area contributed by atoms with Gasteiger partial charge < -0.3 is 9.73 Å². The van der Waals surface area contributed by atoms with Crippen LogP contribution in [-0.4, -0.2) is 25.0 Å². The van der Waals surface area contributed by atoms with E-state index in [9.17, 15) is 13.2 Å². The average molecular weight is 420 g/mol. The van der Waals surface area contributed by atoms with E-state index in [0.717, 1.165) is 5.56 Å². The molecule has 0 fully saturated rings. The first kappa shape index (κ1) is 19.5. The van der Waals surface area contributed by atoms with E-state index in [0.29, 0.717) is 12.3 Å². The molecule has 0 bridgehead atoms. The number of rotatable bonds is 6. The van der Waals surface area contributed by atoms with Gasteiger partial charge in [0, 0.05) is 6.42 Å². The van der Waals surface area contributed by atoms with Crippen LogP contribution in [0.2, 0.25) is 0 Å². The number of benzene rings is 2. The first-order valence-corrected chi connectivity index (χ1v) is 10.5. The van der Waals surface area contributed by atoms with Gasteiger partial charge in [-0.15, -0.1) is 4.40 Å². The Labute approximate surface area is 173 Å². The molecule has 0 saturated heterocycles. The molecule has 30 heavy (non-hydrogen) atoms. The van der Waals surface area contributed by atoms with Gasteiger partial charge in [-0.25, -0.2) is 9.83 Å². The van der Waals surface area contributed by atoms with Gasteiger partial charge >= 0.3 is 0 Å². The summed E-state index contributed by atoms with van der Waals surface area (Å²) in [5, 5.41) is 2.78. The molecule has 1 aromatic heterocycles. The van der Waals surface area contributed by atoms with E-state index in [2.05, 4.69) is 19.5 Å². The van der Waals surface area contributed by atoms with Crippen LogP contribution in [0.25, 0.3) is 4.85 Å². The van der Waals surface area contributed by atoms with Gasteiger partial charge in [-0.3, -0.25) is 4.79 Å². The molecule has 9 heteroatoms. The highest BCUT2D eigenvalue weighted by Gasteiger charge is 2.29. The molecule has 1 atom stereocenters. The molecule has 0 radical (unpaired) electrons. The number of hydrogen-bond donors (Lipinski definition) is 1. The molecule has 1 aliphatic heterocycles. The van der Waals surface area contributed by atoms with E-state index in [-0.39, 0.29) is 34.4 Å². The molecular weight excluding hydrogens is 404 g/mol. The Bertz CT molecular complexity index is 1260. The quantitative estimate of drug-likeness (QED) is 0.606. The van der Waals surface area contributed by atoms with Crippen LogP contribution in [0.5, 0.6) is 0 Å². The number of sulfonamides is 1. The zero-order valence-electron chi connectivity index (χ0n) is 15.6. The fourth-order valence-corrected chi connectivity index (χ4v) is 4.41. The summed E-state index contributed by atoms with van der Waals surface area (Å²) in [6.07, 6.45) is 3.42. The van der Waals surface area contributed by atoms with Crippen molar-refractivity contribution in [2.24, 2.45) is 4.40 Å². The van der Waals surface area contributed by atoms with Crippen LogP contribution in [0.1, 0.15) is 30.2 Å². The van der Waals surface area contributed by atoms with Gasteiger partial charge in [0.1, 0.15) is 11.2 Å². The molecule has 0 spiro atoms. The first-order chi connectivity index (χ1) is 14.5. The lowest BCUT2D eigenvalue weighted by atomic mass is 9.93. The van der Waals surface area contributed by atoms with E-state index >= 15 is 0 Å². The van der Waals surface area contributed by atoms with Crippen molar-refractivity contribution in [2.45, 2.75) is 23.7 Å². The lowest BCUT2D eigenvalue weighted by Crippen LogP contribution is -2.29. The number of carbonyl (C=O) groups excluding carboxylic acids is 1. The highest BCUT2D eigenvalue weighted by Crippen LogP contribution is 2.32. The maximum atomic E-state index is 12.8. The monoisotopic (exact) mass is 420 g/mol. The Kier molecular flexibility index (Phi) is 5.16. The second-order valence-electron chi connectivity index (χ2n) is 6.63. The molecule has 8 nitrogen and oxygen atoms in total. The predicted molar refractivity (Wildman–Crippen MR) is 110 cm³/mol. The van der Waals surface area contributed by atoms with Crippen molar-refractivity contribution >= 4 is 33.0 Å². The average Bonchev–Trinajstić information content (AvgIpc) is 3.28. The zero-order chi connectivity index (χ0) is 21.1. The number of nitrogens with zero attached hydrogens (tertiary/aromatic N) is 3. The molecule has 0 amide bonds. The third-order valence-electron chi connectivity index (χ3n) is 4.71. The van der Waals surface area contributed by atoms with Crippen molar-refractivity contribution in [3.05, 3.63) is 83.9 Å². The molecule has 1 unspecified atom stereocenters. The lowest BCUT2D eigenvalue weighted by molar-refractivity contribution is -0.113. The third kappa shape index (κ3) is 3.86. The van der Waals surface area contributed by atoms with E-state index in [1.165, 1.54) is 24.5 Å². The zero-order valence-corrected chi connectivity index (χ0v) is 16.5. The molecule has 3 aromatic rings. The van der Waals surface area contributed by atoms with Crippen LogP contribution in [0.3, 0.4) is 0 Å². The molecule has 1 N–H and O–H groups in total. The predicted octanol–water partition coefficient (Wildman–Crippen LogP) is 3.92. The number of anilines is 1. The SMILES string of the molecule is [C-]#[N+]c1ccc2c(c1)S(=O)(=O)N=C(C(=O)CCC(c1ccccc1)c1ncco1)N2. The van der Waals surface area contributed by atoms with E-state index in [4.69, 9.17) is 11.0 Å². The van der Waals surface area contributed by atoms with Gasteiger partial charge in [-0.2, -0.15) is 8.42 Å². The third-order valence-corrected chi connectivity index (χ3v) is 6.03. The Balaban J connectivity index is 1.55. The summed E-state index contributed by atoms with van der Waals surface area (Å²) < 4.78 is 34.1. The highest BCUT2D eigenvalue weighted by atomic mass is 32.2. The minimum atomic E-state index is -4.07. The summed E-state index contributed by atoms with van der Waals surface area (Å²) >= 11 is 0. The number of amidine groups is 1. The summed E-state index contributed by atoms with van der Waals surface area (Å²) in [6.45, 7) is 7.03. The number of fused-ring (bicyclic) bond motifs is 1. The Morgan fingerprint density at radius 2 is 2.00 bits per heavy atom. The smallest absolute Gasteiger partial charge is 0.285 e. The number of hydrogen-bond acceptors (Lipinski definition) is 6. The number of carbonyl (C=O) groups is 1. The van der Waals surface area contributed by atoms with Crippen molar-refractivity contribution in [1.82, 2.24) is 4.98 Å². The standard InChI is InChI=1S/C21H16N4O4S/c1-22-15-7-9-17-19(13-15)30(27,28)25-20(24-17)18(26)10-8-16(21-23-11-12-29-21)14-5-3-2-4-6-14/h2-7,9,11-13,16H,8,10H2,(H,24,25). The maximum absolute atomic E-state index is 12.8. The molecule has 150 valence electrons. The van der Waals surface area contributed by atoms with Crippen LogP contribution < -0.4 is 5.32 Å². The molecule has 4 rings (SSSR count). The Hall–Kier alpha value is -3.77. The van der Waals surface area contributed by atoms with Crippen molar-refractivity contribution < 1.29 is 17.6 Å². The van der Waals surface area contributed by atoms with Crippen molar-refractivity contribution in [2.75, 3.05) is 5.32 Å². The van der Waals surface area contributed by atoms with Crippen molar-refractivity contribution in [3.63, 3.8) is 0 Å². The number of ketones is 1. The van der Waals surface area contributed by atoms with E-state index < -0.39 is 15.8 Å². The molecule has 2 heterocycles. The minimum Gasteiger partial charge on any atom is -0.448 e. The van der Waals surface area contributed by atoms with Gasteiger partial charge in [0.05, 0.1) is 24.4 Å². The fraction of sp³-hybridized carbons (Fsp3) is 0.143. The lowest BCUT2D eigenvalue weighted by Gasteiger charge is -2.18. The second kappa shape index (κ2) is 7.93. The van der Waals surface area contributed by atoms with E-state index in [1.807, 2.05) is 30.3 Å². The fourth-order valence-electron chi connectivity index (χ4n) is 3.26. The highest BCUT2D eigenvalue weighted by molar-refractivity contribution is 7.90. The summed E-state index contributed by atoms with van der Waals surface area (Å²) in [7, 11) is -4.07. The number of nitrogens with one attached hydrogen (secondary N) is 1. The van der Waals surface area contributed by atoms with Gasteiger partial charge in [0.2, 0.25) is 5.89 Å². The maximum Gasteiger partial charge on any atom is 0.285 e. The van der Waals surface area contributed by atoms with E-state index in [1.54, 1.807) is 6.20 Å². The minimum absolute atomic E-state index is 0.0404. The molecule has 0 aliphatic carbocycles. The largest absolute Gasteiger partial charge is 0.448 e. The molecule has 0 saturated carbocycles. The molecule has 1 aliphatic rings. The van der Waals surface area contributed by atoms with Crippen LogP contribution >= 0.6 is 0 Å². The Morgan fingerprint density at radius 3 is 2.70 bits per heavy atom. The number of aromatic nitrogens is 1. The van der Waals surface area contributed by atoms with Gasteiger partial charge in [-0.1, -0.05) is 36.4 Å². The topological polar surface area (TPSA) is 106 Å². The molecule has 2 aromatic carbocycles. The summed E-state index contributed by atoms with van der Waals surface area (Å²) in [5.41, 5.74) is 1.35. The second-order valence-corrected chi connectivity index (χ2v) is 8.20. The van der Waals surface area contributed by atoms with Gasteiger partial charge in [0.25, 0.3) is 10.0 Å². The number of oxazole rings is 1. The summed E-state index contributed by atoms with van der Waals surface area (Å²) in [5.74, 6) is -0.445. The summed E-state index contributed by atoms with van der Waals surface area (Å²) in [6, 6.07) is 13.7. The van der Waals surface area contributed by atoms with Crippen LogP contribution in [0.15, 0.2) is 74.7 Å². The van der Waals surface area contributed by atoms with Crippen LogP contribution in [0.4, 0.5) is 11.4 Å². The van der Waals surface area contributed by atoms with Gasteiger partial charge in [-0.05, 0) is 24.1 Å². The van der Waals surface area contributed by atoms with Crippen LogP contribution in [-0.2, 0) is 14.8 Å². The van der Waals surface area contributed by atoms with Crippen LogP contribution in [0, 0.1) is 6.57 Å².